The van der Waals surface area contributed by atoms with Crippen LogP contribution in [0.5, 0.6) is 0 Å². The largest absolute Gasteiger partial charge is 0.481 e. The highest BCUT2D eigenvalue weighted by Gasteiger charge is 2.54. The Bertz CT molecular complexity index is 1350. The molecule has 2 aromatic heterocycles. The van der Waals surface area contributed by atoms with Crippen molar-refractivity contribution in [2.75, 3.05) is 23.8 Å². The van der Waals surface area contributed by atoms with Gasteiger partial charge < -0.3 is 26.1 Å². The smallest absolute Gasteiger partial charge is 0.352 e. The molecule has 0 spiro atoms. The van der Waals surface area contributed by atoms with Crippen LogP contribution in [0.4, 0.5) is 5.13 Å². The third kappa shape index (κ3) is 5.79. The van der Waals surface area contributed by atoms with Crippen LogP contribution in [0.15, 0.2) is 26.1 Å². The number of fused-ring (bicyclic) bond motifs is 1. The van der Waals surface area contributed by atoms with Crippen LogP contribution in [0.1, 0.15) is 23.2 Å². The normalized spacial score (nSPS) is 19.2. The Morgan fingerprint density at radius 2 is 2.11 bits per heavy atom. The van der Waals surface area contributed by atoms with E-state index in [0.29, 0.717) is 26.2 Å². The molecule has 2 amide bonds. The van der Waals surface area contributed by atoms with Crippen LogP contribution in [0.25, 0.3) is 0 Å². The first-order valence-electron chi connectivity index (χ1n) is 11.0. The summed E-state index contributed by atoms with van der Waals surface area (Å²) in [5.41, 5.74) is 6.76. The molecular formula is C21H22N6O7S4. The number of nitrogens with zero attached hydrogens (tertiary/aromatic N) is 4. The Balaban J connectivity index is 1.47. The third-order valence-electron chi connectivity index (χ3n) is 5.36. The molecule has 4 heterocycles. The molecule has 1 unspecified atom stereocenters. The van der Waals surface area contributed by atoms with Gasteiger partial charge in [0.1, 0.15) is 29.4 Å². The van der Waals surface area contributed by atoms with Crippen molar-refractivity contribution < 1.29 is 34.2 Å². The zero-order valence-electron chi connectivity index (χ0n) is 20.0. The lowest BCUT2D eigenvalue weighted by molar-refractivity contribution is -0.150. The summed E-state index contributed by atoms with van der Waals surface area (Å²) in [7, 11) is 0. The number of anilines is 1. The van der Waals surface area contributed by atoms with Gasteiger partial charge in [-0.3, -0.25) is 19.3 Å². The fraction of sp³-hybridized carbons (Fsp3) is 0.381. The van der Waals surface area contributed by atoms with E-state index < -0.39 is 35.2 Å². The number of carboxylic acids is 2. The highest BCUT2D eigenvalue weighted by Crippen LogP contribution is 2.42. The molecular weight excluding hydrogens is 577 g/mol. The van der Waals surface area contributed by atoms with Gasteiger partial charge in [0.05, 0.1) is 12.1 Å². The van der Waals surface area contributed by atoms with Crippen LogP contribution in [-0.2, 0) is 30.4 Å². The van der Waals surface area contributed by atoms with Gasteiger partial charge in [-0.25, -0.2) is 14.8 Å². The van der Waals surface area contributed by atoms with Gasteiger partial charge in [-0.15, -0.1) is 34.4 Å². The molecule has 2 aliphatic rings. The van der Waals surface area contributed by atoms with Crippen molar-refractivity contribution in [3.63, 3.8) is 0 Å². The van der Waals surface area contributed by atoms with Crippen molar-refractivity contribution in [1.29, 1.82) is 0 Å². The van der Waals surface area contributed by atoms with E-state index in [2.05, 4.69) is 20.4 Å². The number of thioether (sulfide) groups is 2. The lowest BCUT2D eigenvalue weighted by Gasteiger charge is -2.49. The maximum atomic E-state index is 13.0. The van der Waals surface area contributed by atoms with Gasteiger partial charge in [-0.1, -0.05) is 16.9 Å². The molecule has 0 saturated carbocycles. The van der Waals surface area contributed by atoms with Crippen LogP contribution < -0.4 is 11.1 Å². The SMILES string of the molecule is CCON=C(C(=O)NC1C(=O)N2C(C(=O)O)=C(CSc3nc(C)c(CC(=O)O)s3)CS[C@@H]12)c1csc(N)n1. The average Bonchev–Trinajstić information content (AvgIpc) is 3.45. The van der Waals surface area contributed by atoms with Gasteiger partial charge in [-0.2, -0.15) is 0 Å². The number of carbonyl (C=O) groups is 4. The number of β-lactam (4-membered cyclic amide) rings is 1. The molecule has 1 saturated heterocycles. The fourth-order valence-electron chi connectivity index (χ4n) is 3.65. The first-order chi connectivity index (χ1) is 18.1. The van der Waals surface area contributed by atoms with Gasteiger partial charge >= 0.3 is 11.9 Å². The standard InChI is InChI=1S/C21H22N6O7S4/c1-3-34-26-13(10-7-36-20(22)24-10)16(30)25-14-17(31)27-15(19(32)33)9(5-35-18(14)27)6-37-21-23-8(2)11(38-21)4-12(28)29/h7,14,18H,3-6H2,1-2H3,(H2,22,24)(H,25,30)(H,28,29)(H,32,33)/t14?,18-/m0/s1. The number of thiazole rings is 2. The molecule has 13 nitrogen and oxygen atoms in total. The van der Waals surface area contributed by atoms with Crippen LogP contribution in [0.2, 0.25) is 0 Å². The molecule has 0 aliphatic carbocycles. The van der Waals surface area contributed by atoms with Gasteiger partial charge in [0, 0.05) is 21.8 Å². The summed E-state index contributed by atoms with van der Waals surface area (Å²) in [6.45, 7) is 3.63. The lowest BCUT2D eigenvalue weighted by atomic mass is 10.0. The number of carboxylic acid groups (broad SMARTS) is 2. The molecule has 202 valence electrons. The van der Waals surface area contributed by atoms with E-state index in [1.165, 1.54) is 39.8 Å². The van der Waals surface area contributed by atoms with Crippen LogP contribution in [0.3, 0.4) is 0 Å². The second kappa shape index (κ2) is 11.7. The summed E-state index contributed by atoms with van der Waals surface area (Å²) >= 11 is 4.99. The number of nitrogens with two attached hydrogens (primary N) is 1. The number of nitrogens with one attached hydrogen (secondary N) is 1. The van der Waals surface area contributed by atoms with Gasteiger partial charge in [0.15, 0.2) is 15.2 Å². The number of nitrogen functional groups attached to an aromatic ring is 1. The molecule has 17 heteroatoms. The number of carbonyl (C=O) groups excluding carboxylic acids is 2. The number of aryl methyl sites for hydroxylation is 1. The number of hydrogen-bond acceptors (Lipinski definition) is 13. The number of rotatable bonds is 11. The Hall–Kier alpha value is -3.15. The second-order valence-corrected chi connectivity index (χ2v) is 12.2. The molecule has 4 rings (SSSR count). The Labute approximate surface area is 232 Å². The second-order valence-electron chi connectivity index (χ2n) is 7.89. The number of amides is 2. The van der Waals surface area contributed by atoms with Crippen molar-refractivity contribution in [3.8, 4) is 0 Å². The highest BCUT2D eigenvalue weighted by molar-refractivity contribution is 8.01. The summed E-state index contributed by atoms with van der Waals surface area (Å²) in [5.74, 6) is -2.87. The fourth-order valence-corrected chi connectivity index (χ4v) is 7.90. The monoisotopic (exact) mass is 598 g/mol. The number of aliphatic carboxylic acids is 2. The Morgan fingerprint density at radius 3 is 2.74 bits per heavy atom. The minimum Gasteiger partial charge on any atom is -0.481 e. The van der Waals surface area contributed by atoms with Crippen molar-refractivity contribution in [2.45, 2.75) is 36.0 Å². The number of aromatic nitrogens is 2. The highest BCUT2D eigenvalue weighted by atomic mass is 32.2. The van der Waals surface area contributed by atoms with Gasteiger partial charge in [-0.05, 0) is 19.4 Å². The first kappa shape index (κ1) is 27.9. The summed E-state index contributed by atoms with van der Waals surface area (Å²) in [5, 5.41) is 26.5. The summed E-state index contributed by atoms with van der Waals surface area (Å²) in [4.78, 5) is 64.4. The van der Waals surface area contributed by atoms with E-state index in [-0.39, 0.29) is 41.0 Å². The molecule has 0 aromatic carbocycles. The van der Waals surface area contributed by atoms with E-state index in [1.807, 2.05) is 0 Å². The molecule has 1 fully saturated rings. The maximum Gasteiger partial charge on any atom is 0.352 e. The summed E-state index contributed by atoms with van der Waals surface area (Å²) in [6.07, 6.45) is -0.132. The van der Waals surface area contributed by atoms with Crippen LogP contribution in [0, 0.1) is 6.92 Å². The Kier molecular flexibility index (Phi) is 8.59. The van der Waals surface area contributed by atoms with E-state index in [0.717, 1.165) is 11.3 Å². The molecule has 38 heavy (non-hydrogen) atoms. The lowest BCUT2D eigenvalue weighted by Crippen LogP contribution is -2.71. The molecule has 0 bridgehead atoms. The van der Waals surface area contributed by atoms with Crippen molar-refractivity contribution in [3.05, 3.63) is 32.9 Å². The zero-order chi connectivity index (χ0) is 27.6. The van der Waals surface area contributed by atoms with Crippen molar-refractivity contribution in [1.82, 2.24) is 20.2 Å². The number of oxime groups is 1. The van der Waals surface area contributed by atoms with E-state index in [9.17, 15) is 24.3 Å². The molecule has 2 aromatic rings. The van der Waals surface area contributed by atoms with Crippen molar-refractivity contribution >= 4 is 80.8 Å². The molecule has 2 atom stereocenters. The van der Waals surface area contributed by atoms with E-state index >= 15 is 0 Å². The molecule has 2 aliphatic heterocycles. The van der Waals surface area contributed by atoms with Crippen LogP contribution >= 0.6 is 46.2 Å². The van der Waals surface area contributed by atoms with Gasteiger partial charge in [0.25, 0.3) is 11.8 Å². The zero-order valence-corrected chi connectivity index (χ0v) is 23.3. The molecule has 5 N–H and O–H groups in total. The Morgan fingerprint density at radius 1 is 1.34 bits per heavy atom. The summed E-state index contributed by atoms with van der Waals surface area (Å²) < 4.78 is 0.618. The topological polar surface area (TPSA) is 197 Å². The van der Waals surface area contributed by atoms with Crippen molar-refractivity contribution in [2.24, 2.45) is 5.16 Å². The first-order valence-corrected chi connectivity index (χ1v) is 14.8. The summed E-state index contributed by atoms with van der Waals surface area (Å²) in [6, 6.07) is -0.959. The minimum absolute atomic E-state index is 0.119. The average molecular weight is 599 g/mol. The van der Waals surface area contributed by atoms with Crippen LogP contribution in [-0.4, -0.2) is 84.1 Å². The quantitative estimate of drug-likeness (QED) is 0.126. The molecule has 0 radical (unpaired) electrons. The number of hydrogen-bond donors (Lipinski definition) is 4. The predicted octanol–water partition coefficient (Wildman–Crippen LogP) is 1.39. The van der Waals surface area contributed by atoms with E-state index in [1.54, 1.807) is 19.2 Å². The maximum absolute atomic E-state index is 13.0. The minimum atomic E-state index is -1.25. The predicted molar refractivity (Wildman–Crippen MR) is 143 cm³/mol. The van der Waals surface area contributed by atoms with Gasteiger partial charge in [0.2, 0.25) is 0 Å². The third-order valence-corrected chi connectivity index (χ3v) is 9.76. The van der Waals surface area contributed by atoms with E-state index in [4.69, 9.17) is 15.7 Å².